The fourth-order valence-corrected chi connectivity index (χ4v) is 2.84. The molecule has 2 aliphatic heterocycles. The maximum atomic E-state index is 12.3. The number of ether oxygens (including phenoxy) is 1. The first kappa shape index (κ1) is 13.3. The van der Waals surface area contributed by atoms with E-state index in [4.69, 9.17) is 4.74 Å². The van der Waals surface area contributed by atoms with Crippen LogP contribution >= 0.6 is 0 Å². The minimum absolute atomic E-state index is 0.0858. The van der Waals surface area contributed by atoms with E-state index in [1.807, 2.05) is 4.90 Å². The molecule has 2 amide bonds. The average Bonchev–Trinajstić information content (AvgIpc) is 2.70. The number of hydrogen-bond acceptors (Lipinski definition) is 3. The lowest BCUT2D eigenvalue weighted by atomic mass is 9.96. The third-order valence-electron chi connectivity index (χ3n) is 4.02. The molecule has 2 heterocycles. The summed E-state index contributed by atoms with van der Waals surface area (Å²) in [6.07, 6.45) is 2.40. The van der Waals surface area contributed by atoms with Crippen molar-refractivity contribution in [2.75, 3.05) is 40.4 Å². The first-order chi connectivity index (χ1) is 8.61. The summed E-state index contributed by atoms with van der Waals surface area (Å²) < 4.78 is 5.15. The Morgan fingerprint density at radius 1 is 1.39 bits per heavy atom. The van der Waals surface area contributed by atoms with Gasteiger partial charge in [-0.05, 0) is 18.8 Å². The van der Waals surface area contributed by atoms with Crippen LogP contribution in [0.1, 0.15) is 19.3 Å². The van der Waals surface area contributed by atoms with Gasteiger partial charge in [-0.3, -0.25) is 9.59 Å². The Bertz CT molecular complexity index is 324. The molecule has 0 N–H and O–H groups in total. The molecule has 1 atom stereocenters. The number of likely N-dealkylation sites (tertiary alicyclic amines) is 2. The van der Waals surface area contributed by atoms with Crippen molar-refractivity contribution in [3.8, 4) is 0 Å². The van der Waals surface area contributed by atoms with Crippen LogP contribution in [0.25, 0.3) is 0 Å². The first-order valence-corrected chi connectivity index (χ1v) is 6.63. The van der Waals surface area contributed by atoms with Crippen LogP contribution in [-0.2, 0) is 14.3 Å². The molecule has 5 heteroatoms. The third-order valence-corrected chi connectivity index (χ3v) is 4.02. The van der Waals surface area contributed by atoms with Gasteiger partial charge in [-0.2, -0.15) is 0 Å². The zero-order valence-electron chi connectivity index (χ0n) is 11.2. The molecule has 1 unspecified atom stereocenters. The second-order valence-electron chi connectivity index (χ2n) is 5.40. The van der Waals surface area contributed by atoms with Gasteiger partial charge in [0.25, 0.3) is 0 Å². The monoisotopic (exact) mass is 254 g/mol. The van der Waals surface area contributed by atoms with E-state index in [0.29, 0.717) is 18.9 Å². The summed E-state index contributed by atoms with van der Waals surface area (Å²) in [5.41, 5.74) is 0. The van der Waals surface area contributed by atoms with E-state index >= 15 is 0 Å². The van der Waals surface area contributed by atoms with Gasteiger partial charge in [0, 0.05) is 46.8 Å². The van der Waals surface area contributed by atoms with Crippen molar-refractivity contribution in [2.24, 2.45) is 11.8 Å². The van der Waals surface area contributed by atoms with Crippen LogP contribution in [0.4, 0.5) is 0 Å². The lowest BCUT2D eigenvalue weighted by molar-refractivity contribution is -0.137. The van der Waals surface area contributed by atoms with Crippen LogP contribution in [0.5, 0.6) is 0 Å². The quantitative estimate of drug-likeness (QED) is 0.730. The van der Waals surface area contributed by atoms with Crippen molar-refractivity contribution in [3.05, 3.63) is 0 Å². The number of methoxy groups -OCH3 is 1. The number of nitrogens with zero attached hydrogens (tertiary/aromatic N) is 2. The minimum atomic E-state index is -0.124. The lowest BCUT2D eigenvalue weighted by Gasteiger charge is -2.33. The number of rotatable bonds is 3. The molecule has 0 radical (unpaired) electrons. The summed E-state index contributed by atoms with van der Waals surface area (Å²) in [4.78, 5) is 27.3. The van der Waals surface area contributed by atoms with Gasteiger partial charge < -0.3 is 14.5 Å². The molecule has 0 aromatic carbocycles. The summed E-state index contributed by atoms with van der Waals surface area (Å²) in [6, 6.07) is 0. The largest absolute Gasteiger partial charge is 0.384 e. The Morgan fingerprint density at radius 3 is 2.56 bits per heavy atom. The lowest BCUT2D eigenvalue weighted by Crippen LogP contribution is -2.43. The van der Waals surface area contributed by atoms with Gasteiger partial charge in [0.15, 0.2) is 0 Å². The normalized spacial score (nSPS) is 25.9. The second-order valence-corrected chi connectivity index (χ2v) is 5.40. The van der Waals surface area contributed by atoms with Crippen molar-refractivity contribution < 1.29 is 14.3 Å². The van der Waals surface area contributed by atoms with E-state index < -0.39 is 0 Å². The fourth-order valence-electron chi connectivity index (χ4n) is 2.84. The Balaban J connectivity index is 1.83. The Hall–Kier alpha value is -1.10. The zero-order chi connectivity index (χ0) is 13.1. The molecule has 2 aliphatic rings. The van der Waals surface area contributed by atoms with E-state index in [1.165, 1.54) is 0 Å². The van der Waals surface area contributed by atoms with Crippen molar-refractivity contribution in [1.82, 2.24) is 9.80 Å². The molecular weight excluding hydrogens is 232 g/mol. The number of hydrogen-bond donors (Lipinski definition) is 0. The molecule has 0 bridgehead atoms. The molecular formula is C13H22N2O3. The summed E-state index contributed by atoms with van der Waals surface area (Å²) in [5, 5.41) is 0. The topological polar surface area (TPSA) is 49.9 Å². The predicted octanol–water partition coefficient (Wildman–Crippen LogP) is 0.350. The standard InChI is InChI=1S/C13H22N2O3/c1-14-8-11(7-12(14)16)13(17)15-5-3-10(4-6-15)9-18-2/h10-11H,3-9H2,1-2H3. The molecule has 102 valence electrons. The van der Waals surface area contributed by atoms with Crippen LogP contribution in [-0.4, -0.2) is 62.0 Å². The third kappa shape index (κ3) is 2.83. The number of carbonyl (C=O) groups is 2. The summed E-state index contributed by atoms with van der Waals surface area (Å²) >= 11 is 0. The Labute approximate surface area is 108 Å². The van der Waals surface area contributed by atoms with Crippen molar-refractivity contribution in [1.29, 1.82) is 0 Å². The van der Waals surface area contributed by atoms with E-state index in [-0.39, 0.29) is 17.7 Å². The maximum absolute atomic E-state index is 12.3. The molecule has 2 saturated heterocycles. The number of amides is 2. The predicted molar refractivity (Wildman–Crippen MR) is 66.9 cm³/mol. The van der Waals surface area contributed by atoms with Crippen LogP contribution in [0.2, 0.25) is 0 Å². The summed E-state index contributed by atoms with van der Waals surface area (Å²) in [6.45, 7) is 2.98. The highest BCUT2D eigenvalue weighted by Gasteiger charge is 2.35. The van der Waals surface area contributed by atoms with Crippen LogP contribution < -0.4 is 0 Å². The zero-order valence-corrected chi connectivity index (χ0v) is 11.2. The molecule has 18 heavy (non-hydrogen) atoms. The molecule has 0 saturated carbocycles. The fraction of sp³-hybridized carbons (Fsp3) is 0.846. The first-order valence-electron chi connectivity index (χ1n) is 6.63. The molecule has 5 nitrogen and oxygen atoms in total. The van der Waals surface area contributed by atoms with Gasteiger partial charge in [-0.1, -0.05) is 0 Å². The van der Waals surface area contributed by atoms with Gasteiger partial charge in [0.1, 0.15) is 0 Å². The second kappa shape index (κ2) is 5.69. The van der Waals surface area contributed by atoms with Gasteiger partial charge >= 0.3 is 0 Å². The highest BCUT2D eigenvalue weighted by molar-refractivity contribution is 5.89. The van der Waals surface area contributed by atoms with Crippen molar-refractivity contribution in [3.63, 3.8) is 0 Å². The minimum Gasteiger partial charge on any atom is -0.384 e. The Kier molecular flexibility index (Phi) is 4.22. The van der Waals surface area contributed by atoms with E-state index in [9.17, 15) is 9.59 Å². The Morgan fingerprint density at radius 2 is 2.06 bits per heavy atom. The SMILES string of the molecule is COCC1CCN(C(=O)C2CC(=O)N(C)C2)CC1. The van der Waals surface area contributed by atoms with E-state index in [1.54, 1.807) is 19.1 Å². The summed E-state index contributed by atoms with van der Waals surface area (Å²) in [5.74, 6) is 0.694. The van der Waals surface area contributed by atoms with Crippen LogP contribution in [0.15, 0.2) is 0 Å². The molecule has 0 spiro atoms. The van der Waals surface area contributed by atoms with Crippen LogP contribution in [0.3, 0.4) is 0 Å². The van der Waals surface area contributed by atoms with Gasteiger partial charge in [0.05, 0.1) is 5.92 Å². The van der Waals surface area contributed by atoms with E-state index in [2.05, 4.69) is 0 Å². The number of piperidine rings is 1. The smallest absolute Gasteiger partial charge is 0.227 e. The molecule has 0 aliphatic carbocycles. The highest BCUT2D eigenvalue weighted by atomic mass is 16.5. The van der Waals surface area contributed by atoms with E-state index in [0.717, 1.165) is 32.5 Å². The van der Waals surface area contributed by atoms with Gasteiger partial charge in [-0.25, -0.2) is 0 Å². The molecule has 0 aromatic heterocycles. The highest BCUT2D eigenvalue weighted by Crippen LogP contribution is 2.23. The molecule has 2 fully saturated rings. The molecule has 0 aromatic rings. The van der Waals surface area contributed by atoms with Crippen LogP contribution in [0, 0.1) is 11.8 Å². The van der Waals surface area contributed by atoms with Gasteiger partial charge in [-0.15, -0.1) is 0 Å². The average molecular weight is 254 g/mol. The molecule has 2 rings (SSSR count). The maximum Gasteiger partial charge on any atom is 0.227 e. The van der Waals surface area contributed by atoms with Crippen molar-refractivity contribution >= 4 is 11.8 Å². The van der Waals surface area contributed by atoms with Gasteiger partial charge in [0.2, 0.25) is 11.8 Å². The van der Waals surface area contributed by atoms with Crippen molar-refractivity contribution in [2.45, 2.75) is 19.3 Å². The summed E-state index contributed by atoms with van der Waals surface area (Å²) in [7, 11) is 3.48. The number of carbonyl (C=O) groups excluding carboxylic acids is 2.